The molecule has 6 heteroatoms. The summed E-state index contributed by atoms with van der Waals surface area (Å²) in [4.78, 5) is 23.2. The molecule has 0 fully saturated rings. The van der Waals surface area contributed by atoms with Gasteiger partial charge in [-0.2, -0.15) is 0 Å². The molecule has 1 spiro atoms. The minimum Gasteiger partial charge on any atom is -0.409 e. The summed E-state index contributed by atoms with van der Waals surface area (Å²) in [6.07, 6.45) is 3.28. The first-order valence-corrected chi connectivity index (χ1v) is 8.17. The number of hydrogen-bond donors (Lipinski definition) is 0. The van der Waals surface area contributed by atoms with E-state index in [-0.39, 0.29) is 17.7 Å². The maximum Gasteiger partial charge on any atom is 0.309 e. The predicted octanol–water partition coefficient (Wildman–Crippen LogP) is 3.35. The Kier molecular flexibility index (Phi) is 4.53. The van der Waals surface area contributed by atoms with E-state index in [1.54, 1.807) is 0 Å². The second-order valence-electron chi connectivity index (χ2n) is 6.39. The molecule has 0 amide bonds. The summed E-state index contributed by atoms with van der Waals surface area (Å²) in [7, 11) is 0. The van der Waals surface area contributed by atoms with E-state index >= 15 is 0 Å². The molecule has 2 aliphatic rings. The van der Waals surface area contributed by atoms with Crippen molar-refractivity contribution < 1.29 is 19.1 Å². The first-order valence-electron chi connectivity index (χ1n) is 8.17. The quantitative estimate of drug-likeness (QED) is 0.580. The number of hydrogen-bond acceptors (Lipinski definition) is 6. The Morgan fingerprint density at radius 1 is 1.04 bits per heavy atom. The molecule has 0 N–H and O–H groups in total. The highest BCUT2D eigenvalue weighted by molar-refractivity contribution is 6.13. The molecule has 0 saturated heterocycles. The maximum absolute atomic E-state index is 11.6. The van der Waals surface area contributed by atoms with Gasteiger partial charge in [-0.3, -0.25) is 9.59 Å². The van der Waals surface area contributed by atoms with Crippen LogP contribution in [-0.2, 0) is 19.1 Å². The molecular weight excluding hydrogens is 320 g/mol. The minimum atomic E-state index is -0.891. The number of ether oxygens (including phenoxy) is 2. The molecule has 1 unspecified atom stereocenters. The van der Waals surface area contributed by atoms with Crippen molar-refractivity contribution in [3.05, 3.63) is 47.5 Å². The van der Waals surface area contributed by atoms with Gasteiger partial charge in [-0.15, -0.1) is 10.2 Å². The van der Waals surface area contributed by atoms with E-state index in [9.17, 15) is 9.59 Å². The molecule has 1 aromatic carbocycles. The SMILES string of the molecule is CC(=O)OC1=NN=C(OC(C)=O)C12CC=C(C)CC2c1ccccc1. The summed E-state index contributed by atoms with van der Waals surface area (Å²) >= 11 is 0. The Morgan fingerprint density at radius 3 is 2.12 bits per heavy atom. The van der Waals surface area contributed by atoms with E-state index in [0.29, 0.717) is 6.42 Å². The Labute approximate surface area is 146 Å². The third kappa shape index (κ3) is 3.12. The van der Waals surface area contributed by atoms with Gasteiger partial charge in [0.2, 0.25) is 11.8 Å². The van der Waals surface area contributed by atoms with Gasteiger partial charge in [0.15, 0.2) is 0 Å². The van der Waals surface area contributed by atoms with E-state index < -0.39 is 17.4 Å². The van der Waals surface area contributed by atoms with Crippen molar-refractivity contribution >= 4 is 23.7 Å². The lowest BCUT2D eigenvalue weighted by Gasteiger charge is -2.39. The summed E-state index contributed by atoms with van der Waals surface area (Å²) in [6.45, 7) is 4.70. The average Bonchev–Trinajstić information content (AvgIpc) is 2.88. The normalized spacial score (nSPS) is 21.2. The van der Waals surface area contributed by atoms with Crippen LogP contribution >= 0.6 is 0 Å². The largest absolute Gasteiger partial charge is 0.409 e. The van der Waals surface area contributed by atoms with Crippen LogP contribution in [-0.4, -0.2) is 23.7 Å². The maximum atomic E-state index is 11.6. The lowest BCUT2D eigenvalue weighted by Crippen LogP contribution is -2.46. The Hall–Kier alpha value is -2.76. The van der Waals surface area contributed by atoms with Crippen molar-refractivity contribution in [2.45, 2.75) is 39.5 Å². The summed E-state index contributed by atoms with van der Waals surface area (Å²) < 4.78 is 10.8. The minimum absolute atomic E-state index is 0.0996. The molecule has 1 aliphatic carbocycles. The zero-order chi connectivity index (χ0) is 18.0. The summed E-state index contributed by atoms with van der Waals surface area (Å²) in [5.41, 5.74) is 1.38. The first-order chi connectivity index (χ1) is 11.9. The fourth-order valence-electron chi connectivity index (χ4n) is 3.47. The van der Waals surface area contributed by atoms with Gasteiger partial charge in [0.05, 0.1) is 0 Å². The number of allylic oxidation sites excluding steroid dienone is 2. The van der Waals surface area contributed by atoms with E-state index in [2.05, 4.69) is 23.2 Å². The average molecular weight is 340 g/mol. The molecule has 0 bridgehead atoms. The molecule has 130 valence electrons. The number of esters is 2. The Balaban J connectivity index is 2.12. The molecule has 0 aromatic heterocycles. The van der Waals surface area contributed by atoms with Gasteiger partial charge in [0, 0.05) is 19.8 Å². The molecule has 1 heterocycles. The number of benzene rings is 1. The number of rotatable bonds is 1. The highest BCUT2D eigenvalue weighted by atomic mass is 16.6. The first kappa shape index (κ1) is 17.1. The van der Waals surface area contributed by atoms with E-state index in [1.807, 2.05) is 30.3 Å². The smallest absolute Gasteiger partial charge is 0.309 e. The van der Waals surface area contributed by atoms with Gasteiger partial charge in [-0.1, -0.05) is 42.0 Å². The Morgan fingerprint density at radius 2 is 1.60 bits per heavy atom. The van der Waals surface area contributed by atoms with Gasteiger partial charge >= 0.3 is 11.9 Å². The number of nitrogens with zero attached hydrogens (tertiary/aromatic N) is 2. The van der Waals surface area contributed by atoms with Gasteiger partial charge < -0.3 is 9.47 Å². The lowest BCUT2D eigenvalue weighted by atomic mass is 9.64. The van der Waals surface area contributed by atoms with Crippen molar-refractivity contribution in [2.75, 3.05) is 0 Å². The summed E-state index contributed by atoms with van der Waals surface area (Å²) in [6, 6.07) is 9.88. The van der Waals surface area contributed by atoms with Gasteiger partial charge in [0.1, 0.15) is 5.41 Å². The van der Waals surface area contributed by atoms with Crippen molar-refractivity contribution in [3.63, 3.8) is 0 Å². The van der Waals surface area contributed by atoms with Crippen molar-refractivity contribution in [1.29, 1.82) is 0 Å². The van der Waals surface area contributed by atoms with Crippen molar-refractivity contribution in [1.82, 2.24) is 0 Å². The molecule has 25 heavy (non-hydrogen) atoms. The van der Waals surface area contributed by atoms with Crippen LogP contribution in [0.4, 0.5) is 0 Å². The Bertz CT molecular complexity index is 761. The third-order valence-electron chi connectivity index (χ3n) is 4.57. The van der Waals surface area contributed by atoms with Crippen LogP contribution in [0.3, 0.4) is 0 Å². The third-order valence-corrected chi connectivity index (χ3v) is 4.57. The van der Waals surface area contributed by atoms with Crippen LogP contribution in [0, 0.1) is 5.41 Å². The van der Waals surface area contributed by atoms with E-state index in [4.69, 9.17) is 9.47 Å². The predicted molar refractivity (Wildman–Crippen MR) is 93.0 cm³/mol. The molecule has 6 nitrogen and oxygen atoms in total. The molecule has 0 saturated carbocycles. The fourth-order valence-corrected chi connectivity index (χ4v) is 3.47. The van der Waals surface area contributed by atoms with Crippen LogP contribution in [0.1, 0.15) is 45.1 Å². The zero-order valence-electron chi connectivity index (χ0n) is 14.5. The van der Waals surface area contributed by atoms with Crippen LogP contribution in [0.2, 0.25) is 0 Å². The van der Waals surface area contributed by atoms with Gasteiger partial charge in [0.25, 0.3) is 0 Å². The summed E-state index contributed by atoms with van der Waals surface area (Å²) in [5.74, 6) is -0.675. The van der Waals surface area contributed by atoms with Crippen LogP contribution < -0.4 is 0 Å². The fraction of sp³-hybridized carbons (Fsp3) is 0.368. The number of carbonyl (C=O) groups is 2. The lowest BCUT2D eigenvalue weighted by molar-refractivity contribution is -0.133. The monoisotopic (exact) mass is 340 g/mol. The second kappa shape index (κ2) is 6.63. The van der Waals surface area contributed by atoms with Crippen LogP contribution in [0.15, 0.2) is 52.2 Å². The van der Waals surface area contributed by atoms with E-state index in [1.165, 1.54) is 19.4 Å². The van der Waals surface area contributed by atoms with Crippen molar-refractivity contribution in [3.8, 4) is 0 Å². The second-order valence-corrected chi connectivity index (χ2v) is 6.39. The highest BCUT2D eigenvalue weighted by Gasteiger charge is 2.56. The number of carbonyl (C=O) groups excluding carboxylic acids is 2. The molecular formula is C19H20N2O4. The molecule has 0 radical (unpaired) electrons. The van der Waals surface area contributed by atoms with Crippen LogP contribution in [0.5, 0.6) is 0 Å². The topological polar surface area (TPSA) is 77.3 Å². The molecule has 3 rings (SSSR count). The standard InChI is InChI=1S/C19H20N2O4/c1-12-9-10-19(16(11-12)15-7-5-4-6-8-15)17(24-13(2)22)20-21-18(19)25-14(3)23/h4-9,16H,10-11H2,1-3H3. The van der Waals surface area contributed by atoms with Crippen LogP contribution in [0.25, 0.3) is 0 Å². The van der Waals surface area contributed by atoms with E-state index in [0.717, 1.165) is 12.0 Å². The molecule has 1 aromatic rings. The molecule has 1 aliphatic heterocycles. The molecule has 1 atom stereocenters. The van der Waals surface area contributed by atoms with Gasteiger partial charge in [-0.25, -0.2) is 0 Å². The highest BCUT2D eigenvalue weighted by Crippen LogP contribution is 2.51. The zero-order valence-corrected chi connectivity index (χ0v) is 14.5. The van der Waals surface area contributed by atoms with Crippen molar-refractivity contribution in [2.24, 2.45) is 15.6 Å². The van der Waals surface area contributed by atoms with Gasteiger partial charge in [-0.05, 0) is 25.3 Å². The summed E-state index contributed by atoms with van der Waals surface area (Å²) in [5, 5.41) is 8.09.